The van der Waals surface area contributed by atoms with Gasteiger partial charge in [0.2, 0.25) is 15.9 Å². The van der Waals surface area contributed by atoms with E-state index in [-0.39, 0.29) is 11.9 Å². The number of aryl methyl sites for hydroxylation is 2. The summed E-state index contributed by atoms with van der Waals surface area (Å²) in [6, 6.07) is 11.9. The maximum Gasteiger partial charge on any atom is 0.244 e. The van der Waals surface area contributed by atoms with Gasteiger partial charge in [-0.2, -0.15) is 0 Å². The molecule has 30 heavy (non-hydrogen) atoms. The van der Waals surface area contributed by atoms with Crippen molar-refractivity contribution in [1.29, 1.82) is 0 Å². The summed E-state index contributed by atoms with van der Waals surface area (Å²) in [5.74, 6) is 0.270. The molecule has 0 spiro atoms. The number of fused-ring (bicyclic) bond motifs is 1. The first-order valence-electron chi connectivity index (χ1n) is 10.3. The number of hydrogen-bond donors (Lipinski definition) is 1. The second-order valence-corrected chi connectivity index (χ2v) is 9.76. The van der Waals surface area contributed by atoms with Crippen molar-refractivity contribution in [2.24, 2.45) is 0 Å². The first kappa shape index (κ1) is 22.2. The van der Waals surface area contributed by atoms with E-state index >= 15 is 0 Å². The normalized spacial score (nSPS) is 15.6. The number of anilines is 1. The topological polar surface area (TPSA) is 75.7 Å². The minimum atomic E-state index is -3.66. The predicted octanol–water partition coefficient (Wildman–Crippen LogP) is 3.61. The third-order valence-electron chi connectivity index (χ3n) is 5.65. The van der Waals surface area contributed by atoms with Gasteiger partial charge in [0.15, 0.2) is 0 Å². The number of nitrogens with one attached hydrogen (secondary N) is 1. The standard InChI is InChI=1S/C23H30N2O4S/c1-16(19-10-9-18-7-5-6-8-20(18)15-19)24-23(26)17(2)25(30(4,27)28)21-11-13-22(29-3)14-12-21/h9-17H,5-8H2,1-4H3,(H,24,26)/t16-,17+/m1/s1. The molecule has 3 rings (SSSR count). The fourth-order valence-electron chi connectivity index (χ4n) is 3.98. The molecule has 2 atom stereocenters. The van der Waals surface area contributed by atoms with Gasteiger partial charge in [-0.25, -0.2) is 8.42 Å². The molecule has 1 aliphatic rings. The highest BCUT2D eigenvalue weighted by Gasteiger charge is 2.30. The molecule has 0 fully saturated rings. The van der Waals surface area contributed by atoms with Gasteiger partial charge in [0.25, 0.3) is 0 Å². The molecule has 162 valence electrons. The van der Waals surface area contributed by atoms with Crippen LogP contribution in [0.5, 0.6) is 5.75 Å². The summed E-state index contributed by atoms with van der Waals surface area (Å²) in [7, 11) is -2.12. The molecule has 1 aliphatic carbocycles. The van der Waals surface area contributed by atoms with Crippen molar-refractivity contribution in [2.75, 3.05) is 17.7 Å². The average molecular weight is 431 g/mol. The smallest absolute Gasteiger partial charge is 0.244 e. The summed E-state index contributed by atoms with van der Waals surface area (Å²) in [4.78, 5) is 13.0. The largest absolute Gasteiger partial charge is 0.497 e. The molecule has 6 nitrogen and oxygen atoms in total. The Kier molecular flexibility index (Phi) is 6.71. The van der Waals surface area contributed by atoms with Crippen LogP contribution in [-0.2, 0) is 27.7 Å². The number of carbonyl (C=O) groups is 1. The van der Waals surface area contributed by atoms with Crippen LogP contribution in [0.2, 0.25) is 0 Å². The van der Waals surface area contributed by atoms with Gasteiger partial charge in [-0.1, -0.05) is 18.2 Å². The molecule has 0 bridgehead atoms. The van der Waals surface area contributed by atoms with Gasteiger partial charge in [0, 0.05) is 0 Å². The number of nitrogens with zero attached hydrogens (tertiary/aromatic N) is 1. The predicted molar refractivity (Wildman–Crippen MR) is 119 cm³/mol. The third-order valence-corrected chi connectivity index (χ3v) is 6.89. The first-order valence-corrected chi connectivity index (χ1v) is 12.1. The van der Waals surface area contributed by atoms with Crippen LogP contribution in [0.1, 0.15) is 49.4 Å². The Morgan fingerprint density at radius 1 is 1.03 bits per heavy atom. The van der Waals surface area contributed by atoms with E-state index in [1.54, 1.807) is 38.3 Å². The van der Waals surface area contributed by atoms with E-state index in [0.717, 1.165) is 29.0 Å². The van der Waals surface area contributed by atoms with Gasteiger partial charge in [0.1, 0.15) is 11.8 Å². The highest BCUT2D eigenvalue weighted by molar-refractivity contribution is 7.92. The lowest BCUT2D eigenvalue weighted by Gasteiger charge is -2.29. The van der Waals surface area contributed by atoms with Crippen molar-refractivity contribution in [3.8, 4) is 5.75 Å². The summed E-state index contributed by atoms with van der Waals surface area (Å²) in [5.41, 5.74) is 4.19. The maximum absolute atomic E-state index is 13.0. The Morgan fingerprint density at radius 3 is 2.27 bits per heavy atom. The summed E-state index contributed by atoms with van der Waals surface area (Å²) >= 11 is 0. The number of amides is 1. The van der Waals surface area contributed by atoms with Crippen LogP contribution in [0.3, 0.4) is 0 Å². The van der Waals surface area contributed by atoms with Gasteiger partial charge in [-0.05, 0) is 80.5 Å². The second kappa shape index (κ2) is 9.08. The van der Waals surface area contributed by atoms with E-state index in [4.69, 9.17) is 4.74 Å². The van der Waals surface area contributed by atoms with Crippen LogP contribution in [0.25, 0.3) is 0 Å². The van der Waals surface area contributed by atoms with Crippen LogP contribution in [-0.4, -0.2) is 33.7 Å². The second-order valence-electron chi connectivity index (χ2n) is 7.90. The molecular weight excluding hydrogens is 400 g/mol. The van der Waals surface area contributed by atoms with Crippen molar-refractivity contribution in [2.45, 2.75) is 51.6 Å². The molecule has 0 saturated heterocycles. The molecule has 7 heteroatoms. The van der Waals surface area contributed by atoms with Crippen molar-refractivity contribution in [3.05, 3.63) is 59.2 Å². The minimum absolute atomic E-state index is 0.218. The van der Waals surface area contributed by atoms with Crippen molar-refractivity contribution in [3.63, 3.8) is 0 Å². The zero-order valence-electron chi connectivity index (χ0n) is 18.0. The molecule has 0 radical (unpaired) electrons. The SMILES string of the molecule is COc1ccc(N([C@@H](C)C(=O)N[C@H](C)c2ccc3c(c2)CCCC3)S(C)(=O)=O)cc1. The highest BCUT2D eigenvalue weighted by atomic mass is 32.2. The number of carbonyl (C=O) groups excluding carboxylic acids is 1. The molecule has 0 aromatic heterocycles. The van der Waals surface area contributed by atoms with Gasteiger partial charge in [-0.15, -0.1) is 0 Å². The summed E-state index contributed by atoms with van der Waals surface area (Å²) in [6.45, 7) is 3.52. The Labute approximate surface area is 179 Å². The van der Waals surface area contributed by atoms with Gasteiger partial charge < -0.3 is 10.1 Å². The minimum Gasteiger partial charge on any atom is -0.497 e. The van der Waals surface area contributed by atoms with Crippen LogP contribution >= 0.6 is 0 Å². The Hall–Kier alpha value is -2.54. The lowest BCUT2D eigenvalue weighted by molar-refractivity contribution is -0.122. The Bertz CT molecular complexity index is 1000. The molecule has 2 aromatic carbocycles. The molecule has 0 heterocycles. The number of sulfonamides is 1. The molecule has 1 N–H and O–H groups in total. The zero-order valence-corrected chi connectivity index (χ0v) is 18.8. The summed E-state index contributed by atoms with van der Waals surface area (Å²) in [5, 5.41) is 2.98. The van der Waals surface area contributed by atoms with Crippen LogP contribution in [0.4, 0.5) is 5.69 Å². The van der Waals surface area contributed by atoms with E-state index in [9.17, 15) is 13.2 Å². The lowest BCUT2D eigenvalue weighted by Crippen LogP contribution is -2.48. The fraction of sp³-hybridized carbons (Fsp3) is 0.435. The summed E-state index contributed by atoms with van der Waals surface area (Å²) in [6.07, 6.45) is 5.70. The van der Waals surface area contributed by atoms with Gasteiger partial charge >= 0.3 is 0 Å². The number of hydrogen-bond acceptors (Lipinski definition) is 4. The van der Waals surface area contributed by atoms with E-state index in [1.807, 2.05) is 6.92 Å². The number of methoxy groups -OCH3 is 1. The maximum atomic E-state index is 13.0. The highest BCUT2D eigenvalue weighted by Crippen LogP contribution is 2.26. The number of benzene rings is 2. The average Bonchev–Trinajstić information content (AvgIpc) is 2.72. The van der Waals surface area contributed by atoms with Crippen molar-refractivity contribution < 1.29 is 17.9 Å². The van der Waals surface area contributed by atoms with E-state index in [2.05, 4.69) is 23.5 Å². The van der Waals surface area contributed by atoms with Crippen LogP contribution in [0, 0.1) is 0 Å². The number of ether oxygens (including phenoxy) is 1. The monoisotopic (exact) mass is 430 g/mol. The quantitative estimate of drug-likeness (QED) is 0.728. The molecule has 0 saturated carbocycles. The van der Waals surface area contributed by atoms with Crippen LogP contribution < -0.4 is 14.4 Å². The first-order chi connectivity index (χ1) is 14.2. The molecule has 1 amide bonds. The molecule has 2 aromatic rings. The van der Waals surface area contributed by atoms with E-state index in [1.165, 1.54) is 24.0 Å². The van der Waals surface area contributed by atoms with Crippen molar-refractivity contribution >= 4 is 21.6 Å². The zero-order chi connectivity index (χ0) is 21.9. The Balaban J connectivity index is 1.77. The van der Waals surface area contributed by atoms with Crippen molar-refractivity contribution in [1.82, 2.24) is 5.32 Å². The Morgan fingerprint density at radius 2 is 1.67 bits per heavy atom. The number of rotatable bonds is 7. The molecular formula is C23H30N2O4S. The third kappa shape index (κ3) is 4.95. The summed E-state index contributed by atoms with van der Waals surface area (Å²) < 4.78 is 31.2. The fourth-order valence-corrected chi connectivity index (χ4v) is 5.15. The van der Waals surface area contributed by atoms with Gasteiger partial charge in [-0.3, -0.25) is 9.10 Å². The van der Waals surface area contributed by atoms with E-state index in [0.29, 0.717) is 11.4 Å². The molecule has 0 aliphatic heterocycles. The van der Waals surface area contributed by atoms with E-state index < -0.39 is 16.1 Å². The van der Waals surface area contributed by atoms with Gasteiger partial charge in [0.05, 0.1) is 25.1 Å². The molecule has 0 unspecified atom stereocenters. The lowest BCUT2D eigenvalue weighted by atomic mass is 9.89. The van der Waals surface area contributed by atoms with Crippen LogP contribution in [0.15, 0.2) is 42.5 Å².